The fourth-order valence-electron chi connectivity index (χ4n) is 2.72. The predicted molar refractivity (Wildman–Crippen MR) is 75.9 cm³/mol. The van der Waals surface area contributed by atoms with Crippen molar-refractivity contribution < 1.29 is 8.42 Å². The summed E-state index contributed by atoms with van der Waals surface area (Å²) in [5.41, 5.74) is 6.07. The smallest absolute Gasteiger partial charge is 0.244 e. The van der Waals surface area contributed by atoms with Gasteiger partial charge in [-0.05, 0) is 25.7 Å². The van der Waals surface area contributed by atoms with Crippen LogP contribution in [-0.4, -0.2) is 30.5 Å². The molecular formula is C12H21N5O2S. The van der Waals surface area contributed by atoms with Crippen LogP contribution in [0.5, 0.6) is 0 Å². The van der Waals surface area contributed by atoms with Crippen molar-refractivity contribution in [3.05, 3.63) is 11.9 Å². The molecular weight excluding hydrogens is 278 g/mol. The van der Waals surface area contributed by atoms with Crippen LogP contribution in [0.15, 0.2) is 11.1 Å². The Kier molecular flexibility index (Phi) is 4.44. The molecule has 1 atom stereocenters. The molecule has 0 amide bonds. The Morgan fingerprint density at radius 2 is 2.15 bits per heavy atom. The number of hydrogen-bond acceptors (Lipinski definition) is 4. The highest BCUT2D eigenvalue weighted by Crippen LogP contribution is 2.27. The number of sulfonamides is 1. The summed E-state index contributed by atoms with van der Waals surface area (Å²) in [7, 11) is -3.71. The third-order valence-electron chi connectivity index (χ3n) is 3.81. The van der Waals surface area contributed by atoms with Crippen LogP contribution in [0.4, 0.5) is 0 Å². The largest absolute Gasteiger partial charge is 0.386 e. The third kappa shape index (κ3) is 3.18. The highest BCUT2D eigenvalue weighted by atomic mass is 32.2. The van der Waals surface area contributed by atoms with E-state index in [4.69, 9.17) is 11.1 Å². The third-order valence-corrected chi connectivity index (χ3v) is 5.37. The number of aryl methyl sites for hydroxylation is 1. The highest BCUT2D eigenvalue weighted by molar-refractivity contribution is 7.89. The molecule has 1 saturated carbocycles. The fourth-order valence-corrected chi connectivity index (χ4v) is 4.14. The van der Waals surface area contributed by atoms with Crippen molar-refractivity contribution in [3.63, 3.8) is 0 Å². The van der Waals surface area contributed by atoms with Gasteiger partial charge >= 0.3 is 0 Å². The molecule has 5 N–H and O–H groups in total. The number of nitrogens with two attached hydrogens (primary N) is 1. The Morgan fingerprint density at radius 3 is 2.65 bits per heavy atom. The van der Waals surface area contributed by atoms with Crippen molar-refractivity contribution in [2.45, 2.75) is 50.0 Å². The molecule has 8 heteroatoms. The van der Waals surface area contributed by atoms with Gasteiger partial charge in [-0.25, -0.2) is 13.1 Å². The summed E-state index contributed by atoms with van der Waals surface area (Å²) < 4.78 is 27.3. The van der Waals surface area contributed by atoms with Gasteiger partial charge in [-0.1, -0.05) is 19.3 Å². The maximum Gasteiger partial charge on any atom is 0.244 e. The summed E-state index contributed by atoms with van der Waals surface area (Å²) in [6.07, 6.45) is 6.35. The summed E-state index contributed by atoms with van der Waals surface area (Å²) in [4.78, 5) is 0.111. The lowest BCUT2D eigenvalue weighted by atomic mass is 9.84. The first-order valence-electron chi connectivity index (χ1n) is 6.78. The van der Waals surface area contributed by atoms with Crippen LogP contribution >= 0.6 is 0 Å². The molecule has 1 aromatic heterocycles. The molecule has 1 aliphatic rings. The zero-order chi connectivity index (χ0) is 14.8. The molecule has 1 aliphatic carbocycles. The molecule has 112 valence electrons. The second kappa shape index (κ2) is 5.92. The molecule has 1 unspecified atom stereocenters. The normalized spacial score (nSPS) is 18.9. The van der Waals surface area contributed by atoms with Crippen molar-refractivity contribution in [1.82, 2.24) is 14.9 Å². The number of nitrogens with zero attached hydrogens (tertiary/aromatic N) is 1. The molecule has 0 aliphatic heterocycles. The zero-order valence-corrected chi connectivity index (χ0v) is 12.3. The van der Waals surface area contributed by atoms with Gasteiger partial charge in [-0.3, -0.25) is 10.5 Å². The van der Waals surface area contributed by atoms with Crippen LogP contribution in [0.3, 0.4) is 0 Å². The second-order valence-corrected chi connectivity index (χ2v) is 6.99. The van der Waals surface area contributed by atoms with E-state index in [0.717, 1.165) is 32.1 Å². The van der Waals surface area contributed by atoms with E-state index in [1.54, 1.807) is 6.92 Å². The standard InChI is InChI=1S/C12H21N5O2S/c1-8-10(7-15-16-8)20(18,19)17-11(12(13)14)9-5-3-2-4-6-9/h7,9,11,17H,2-6H2,1H3,(H3,13,14)(H,15,16). The van der Waals surface area contributed by atoms with Crippen molar-refractivity contribution in [1.29, 1.82) is 5.41 Å². The predicted octanol–water partition coefficient (Wildman–Crippen LogP) is 0.881. The summed E-state index contributed by atoms with van der Waals surface area (Å²) in [6.45, 7) is 1.64. The Labute approximate surface area is 118 Å². The summed E-state index contributed by atoms with van der Waals surface area (Å²) in [6, 6.07) is -0.630. The van der Waals surface area contributed by atoms with Crippen molar-refractivity contribution in [3.8, 4) is 0 Å². The zero-order valence-electron chi connectivity index (χ0n) is 11.5. The Bertz CT molecular complexity index is 574. The number of aromatic nitrogens is 2. The minimum atomic E-state index is -3.71. The lowest BCUT2D eigenvalue weighted by Gasteiger charge is -2.29. The maximum absolute atomic E-state index is 12.3. The molecule has 20 heavy (non-hydrogen) atoms. The Morgan fingerprint density at radius 1 is 1.50 bits per heavy atom. The molecule has 0 aromatic carbocycles. The lowest BCUT2D eigenvalue weighted by Crippen LogP contribution is -2.49. The molecule has 1 fully saturated rings. The Balaban J connectivity index is 2.19. The maximum atomic E-state index is 12.3. The molecule has 0 bridgehead atoms. The quantitative estimate of drug-likeness (QED) is 0.475. The van der Waals surface area contributed by atoms with Gasteiger partial charge in [-0.2, -0.15) is 5.10 Å². The first-order valence-corrected chi connectivity index (χ1v) is 8.26. The van der Waals surface area contributed by atoms with Crippen molar-refractivity contribution in [2.24, 2.45) is 11.7 Å². The SMILES string of the molecule is Cc1[nH]ncc1S(=O)(=O)NC(C(=N)N)C1CCCCC1. The van der Waals surface area contributed by atoms with Gasteiger partial charge in [0.15, 0.2) is 0 Å². The van der Waals surface area contributed by atoms with Crippen LogP contribution in [0.2, 0.25) is 0 Å². The van der Waals surface area contributed by atoms with Crippen LogP contribution in [0, 0.1) is 18.3 Å². The number of hydrogen-bond donors (Lipinski definition) is 4. The van der Waals surface area contributed by atoms with E-state index in [1.165, 1.54) is 6.20 Å². The van der Waals surface area contributed by atoms with E-state index >= 15 is 0 Å². The van der Waals surface area contributed by atoms with E-state index in [1.807, 2.05) is 0 Å². The molecule has 0 saturated heterocycles. The monoisotopic (exact) mass is 299 g/mol. The van der Waals surface area contributed by atoms with E-state index in [2.05, 4.69) is 14.9 Å². The van der Waals surface area contributed by atoms with Gasteiger partial charge in [0, 0.05) is 0 Å². The van der Waals surface area contributed by atoms with Crippen LogP contribution in [-0.2, 0) is 10.0 Å². The van der Waals surface area contributed by atoms with Crippen LogP contribution in [0.25, 0.3) is 0 Å². The van der Waals surface area contributed by atoms with Gasteiger partial charge in [0.25, 0.3) is 0 Å². The molecule has 0 radical (unpaired) electrons. The first kappa shape index (κ1) is 15.0. The Hall–Kier alpha value is -1.41. The number of H-pyrrole nitrogens is 1. The van der Waals surface area contributed by atoms with Gasteiger partial charge < -0.3 is 5.73 Å². The van der Waals surface area contributed by atoms with Crippen LogP contribution < -0.4 is 10.5 Å². The second-order valence-electron chi connectivity index (χ2n) is 5.31. The topological polar surface area (TPSA) is 125 Å². The van der Waals surface area contributed by atoms with Crippen molar-refractivity contribution in [2.75, 3.05) is 0 Å². The molecule has 1 aromatic rings. The van der Waals surface area contributed by atoms with Gasteiger partial charge in [0.05, 0.1) is 17.9 Å². The highest BCUT2D eigenvalue weighted by Gasteiger charge is 2.31. The van der Waals surface area contributed by atoms with Crippen molar-refractivity contribution >= 4 is 15.9 Å². The van der Waals surface area contributed by atoms with E-state index in [-0.39, 0.29) is 16.6 Å². The van der Waals surface area contributed by atoms with Gasteiger partial charge in [0.1, 0.15) is 10.7 Å². The number of amidine groups is 1. The molecule has 7 nitrogen and oxygen atoms in total. The minimum absolute atomic E-state index is 0.100. The van der Waals surface area contributed by atoms with E-state index in [0.29, 0.717) is 5.69 Å². The summed E-state index contributed by atoms with van der Waals surface area (Å²) in [5, 5.41) is 14.0. The lowest BCUT2D eigenvalue weighted by molar-refractivity contribution is 0.328. The molecule has 0 spiro atoms. The molecule has 1 heterocycles. The van der Waals surface area contributed by atoms with E-state index < -0.39 is 16.1 Å². The summed E-state index contributed by atoms with van der Waals surface area (Å²) in [5.74, 6) is -0.0233. The number of rotatable bonds is 5. The van der Waals surface area contributed by atoms with Gasteiger partial charge in [0.2, 0.25) is 10.0 Å². The number of nitrogens with one attached hydrogen (secondary N) is 3. The molecule has 2 rings (SSSR count). The average Bonchev–Trinajstić information content (AvgIpc) is 2.84. The average molecular weight is 299 g/mol. The minimum Gasteiger partial charge on any atom is -0.386 e. The number of aromatic amines is 1. The van der Waals surface area contributed by atoms with Crippen LogP contribution in [0.1, 0.15) is 37.8 Å². The summed E-state index contributed by atoms with van der Waals surface area (Å²) >= 11 is 0. The van der Waals surface area contributed by atoms with E-state index in [9.17, 15) is 8.42 Å². The van der Waals surface area contributed by atoms with Gasteiger partial charge in [-0.15, -0.1) is 0 Å². The fraction of sp³-hybridized carbons (Fsp3) is 0.667. The first-order chi connectivity index (χ1) is 9.42.